The van der Waals surface area contributed by atoms with Gasteiger partial charge in [-0.25, -0.2) is 9.98 Å². The number of rotatable bonds is 3. The van der Waals surface area contributed by atoms with Gasteiger partial charge in [0.2, 0.25) is 5.96 Å². The highest BCUT2D eigenvalue weighted by Gasteiger charge is 2.24. The van der Waals surface area contributed by atoms with E-state index >= 15 is 0 Å². The van der Waals surface area contributed by atoms with Crippen molar-refractivity contribution in [3.05, 3.63) is 46.5 Å². The molecule has 0 saturated heterocycles. The minimum absolute atomic E-state index is 0.0500. The number of aliphatic carboxylic acids is 1. The number of benzene rings is 1. The topological polar surface area (TPSA) is 117 Å². The molecule has 0 unspecified atom stereocenters. The summed E-state index contributed by atoms with van der Waals surface area (Å²) in [5.74, 6) is -0.303. The van der Waals surface area contributed by atoms with Crippen LogP contribution in [0.5, 0.6) is 0 Å². The van der Waals surface area contributed by atoms with E-state index in [9.17, 15) is 4.79 Å². The standard InChI is InChI=1S/C18H17N5O2S/c19-16-7-11-10-3-4-23(9-17(24)25)8-13(10)12(15-2-1-5-26-15)6-14(11)21-18(20)22-16/h1-6H,7-9H2,(H,24,25)(H4,19,20,21,22). The van der Waals surface area contributed by atoms with Gasteiger partial charge < -0.3 is 21.5 Å². The van der Waals surface area contributed by atoms with Crippen molar-refractivity contribution in [3.8, 4) is 10.4 Å². The predicted octanol–water partition coefficient (Wildman–Crippen LogP) is 2.15. The molecule has 2 aliphatic heterocycles. The summed E-state index contributed by atoms with van der Waals surface area (Å²) in [6.07, 6.45) is 4.19. The summed E-state index contributed by atoms with van der Waals surface area (Å²) in [4.78, 5) is 22.5. The van der Waals surface area contributed by atoms with E-state index in [4.69, 9.17) is 16.6 Å². The number of aliphatic imine (C=N–C) groups is 2. The fourth-order valence-electron chi connectivity index (χ4n) is 3.32. The summed E-state index contributed by atoms with van der Waals surface area (Å²) in [7, 11) is 0. The normalized spacial score (nSPS) is 15.6. The summed E-state index contributed by atoms with van der Waals surface area (Å²) in [6, 6.07) is 6.03. The number of hydrogen-bond acceptors (Lipinski definition) is 7. The van der Waals surface area contributed by atoms with Gasteiger partial charge in [-0.2, -0.15) is 0 Å². The summed E-state index contributed by atoms with van der Waals surface area (Å²) in [5, 5.41) is 11.1. The van der Waals surface area contributed by atoms with E-state index < -0.39 is 5.97 Å². The second-order valence-corrected chi connectivity index (χ2v) is 7.10. The number of thiophene rings is 1. The molecule has 5 N–H and O–H groups in total. The molecule has 0 saturated carbocycles. The zero-order chi connectivity index (χ0) is 18.3. The molecule has 26 heavy (non-hydrogen) atoms. The molecule has 1 aromatic carbocycles. The molecule has 0 spiro atoms. The van der Waals surface area contributed by atoms with Crippen LogP contribution in [0.3, 0.4) is 0 Å². The van der Waals surface area contributed by atoms with Crippen LogP contribution in [-0.2, 0) is 17.8 Å². The van der Waals surface area contributed by atoms with Crippen molar-refractivity contribution in [2.24, 2.45) is 21.5 Å². The summed E-state index contributed by atoms with van der Waals surface area (Å²) in [6.45, 7) is 0.459. The van der Waals surface area contributed by atoms with Crippen LogP contribution in [0.15, 0.2) is 39.8 Å². The maximum atomic E-state index is 11.1. The Kier molecular flexibility index (Phi) is 3.96. The van der Waals surface area contributed by atoms with Gasteiger partial charge in [0.05, 0.1) is 5.69 Å². The van der Waals surface area contributed by atoms with Gasteiger partial charge in [-0.05, 0) is 45.8 Å². The van der Waals surface area contributed by atoms with E-state index in [1.165, 1.54) is 0 Å². The second kappa shape index (κ2) is 6.30. The van der Waals surface area contributed by atoms with Crippen LogP contribution in [-0.4, -0.2) is 34.3 Å². The van der Waals surface area contributed by atoms with E-state index in [0.29, 0.717) is 18.8 Å². The fourth-order valence-corrected chi connectivity index (χ4v) is 4.09. The molecule has 0 radical (unpaired) electrons. The second-order valence-electron chi connectivity index (χ2n) is 6.16. The van der Waals surface area contributed by atoms with Crippen LogP contribution in [0.2, 0.25) is 0 Å². The highest BCUT2D eigenvalue weighted by molar-refractivity contribution is 7.13. The molecule has 8 heteroatoms. The summed E-state index contributed by atoms with van der Waals surface area (Å²) >= 11 is 1.63. The quantitative estimate of drug-likeness (QED) is 0.768. The Hall–Kier alpha value is -3.13. The fraction of sp³-hybridized carbons (Fsp3) is 0.167. The molecule has 1 aromatic heterocycles. The largest absolute Gasteiger partial charge is 0.480 e. The maximum absolute atomic E-state index is 11.1. The Labute approximate surface area is 154 Å². The van der Waals surface area contributed by atoms with E-state index in [-0.39, 0.29) is 12.5 Å². The van der Waals surface area contributed by atoms with Crippen molar-refractivity contribution in [2.45, 2.75) is 13.0 Å². The number of carboxylic acids is 1. The highest BCUT2D eigenvalue weighted by atomic mass is 32.1. The van der Waals surface area contributed by atoms with Crippen LogP contribution in [0.1, 0.15) is 16.7 Å². The Morgan fingerprint density at radius 3 is 2.88 bits per heavy atom. The molecular formula is C18H17N5O2S. The third-order valence-electron chi connectivity index (χ3n) is 4.35. The minimum atomic E-state index is -0.862. The monoisotopic (exact) mass is 367 g/mol. The van der Waals surface area contributed by atoms with Crippen molar-refractivity contribution in [1.82, 2.24) is 4.90 Å². The minimum Gasteiger partial charge on any atom is -0.480 e. The lowest BCUT2D eigenvalue weighted by Crippen LogP contribution is -2.27. The lowest BCUT2D eigenvalue weighted by atomic mass is 9.89. The van der Waals surface area contributed by atoms with Gasteiger partial charge >= 0.3 is 5.97 Å². The molecular weight excluding hydrogens is 350 g/mol. The van der Waals surface area contributed by atoms with Gasteiger partial charge in [0.25, 0.3) is 0 Å². The third kappa shape index (κ3) is 2.95. The van der Waals surface area contributed by atoms with Gasteiger partial charge in [0, 0.05) is 24.0 Å². The first-order chi connectivity index (χ1) is 12.5. The Balaban J connectivity index is 1.92. The zero-order valence-corrected chi connectivity index (χ0v) is 14.7. The third-order valence-corrected chi connectivity index (χ3v) is 5.26. The highest BCUT2D eigenvalue weighted by Crippen LogP contribution is 2.40. The molecule has 0 atom stereocenters. The first kappa shape index (κ1) is 16.3. The zero-order valence-electron chi connectivity index (χ0n) is 13.8. The SMILES string of the molecule is NC1=NC(N)=Nc2cc(-c3cccs3)c3c(c2C1)C=CN(CC(=O)O)C3. The van der Waals surface area contributed by atoms with Crippen LogP contribution in [0.25, 0.3) is 16.5 Å². The molecule has 3 heterocycles. The predicted molar refractivity (Wildman–Crippen MR) is 103 cm³/mol. The van der Waals surface area contributed by atoms with Gasteiger partial charge in [0.1, 0.15) is 12.4 Å². The number of carboxylic acid groups (broad SMARTS) is 1. The molecule has 4 rings (SSSR count). The van der Waals surface area contributed by atoms with E-state index in [2.05, 4.69) is 9.98 Å². The number of fused-ring (bicyclic) bond motifs is 3. The van der Waals surface area contributed by atoms with Crippen LogP contribution < -0.4 is 11.5 Å². The van der Waals surface area contributed by atoms with Crippen molar-refractivity contribution < 1.29 is 9.90 Å². The number of nitrogens with two attached hydrogens (primary N) is 2. The molecule has 0 bridgehead atoms. The van der Waals surface area contributed by atoms with Crippen LogP contribution in [0, 0.1) is 0 Å². The lowest BCUT2D eigenvalue weighted by Gasteiger charge is -2.27. The number of hydrogen-bond donors (Lipinski definition) is 3. The van der Waals surface area contributed by atoms with Gasteiger partial charge in [-0.1, -0.05) is 6.07 Å². The molecule has 2 aliphatic rings. The molecule has 0 aliphatic carbocycles. The first-order valence-corrected chi connectivity index (χ1v) is 8.93. The molecule has 132 valence electrons. The van der Waals surface area contributed by atoms with Crippen molar-refractivity contribution in [1.29, 1.82) is 0 Å². The number of guanidine groups is 1. The average Bonchev–Trinajstić information content (AvgIpc) is 3.05. The molecule has 7 nitrogen and oxygen atoms in total. The maximum Gasteiger partial charge on any atom is 0.323 e. The lowest BCUT2D eigenvalue weighted by molar-refractivity contribution is -0.137. The van der Waals surface area contributed by atoms with Crippen molar-refractivity contribution in [3.63, 3.8) is 0 Å². The van der Waals surface area contributed by atoms with Crippen molar-refractivity contribution >= 4 is 40.9 Å². The Bertz CT molecular complexity index is 976. The molecule has 0 amide bonds. The Morgan fingerprint density at radius 1 is 1.31 bits per heavy atom. The Morgan fingerprint density at radius 2 is 2.15 bits per heavy atom. The van der Waals surface area contributed by atoms with Crippen molar-refractivity contribution in [2.75, 3.05) is 6.54 Å². The summed E-state index contributed by atoms with van der Waals surface area (Å²) in [5.41, 5.74) is 16.7. The van der Waals surface area contributed by atoms with Gasteiger partial charge in [0.15, 0.2) is 0 Å². The molecule has 2 aromatic rings. The average molecular weight is 367 g/mol. The number of amidine groups is 1. The summed E-state index contributed by atoms with van der Waals surface area (Å²) < 4.78 is 0. The van der Waals surface area contributed by atoms with Crippen LogP contribution in [0.4, 0.5) is 5.69 Å². The van der Waals surface area contributed by atoms with E-state index in [1.54, 1.807) is 22.4 Å². The smallest absolute Gasteiger partial charge is 0.323 e. The number of carbonyl (C=O) groups is 1. The van der Waals surface area contributed by atoms with E-state index in [1.807, 2.05) is 29.7 Å². The molecule has 0 fully saturated rings. The van der Waals surface area contributed by atoms with Gasteiger partial charge in [-0.3, -0.25) is 4.79 Å². The van der Waals surface area contributed by atoms with Crippen LogP contribution >= 0.6 is 11.3 Å². The van der Waals surface area contributed by atoms with Gasteiger partial charge in [-0.15, -0.1) is 11.3 Å². The first-order valence-electron chi connectivity index (χ1n) is 8.05. The van der Waals surface area contributed by atoms with E-state index in [0.717, 1.165) is 32.8 Å². The number of nitrogens with zero attached hydrogens (tertiary/aromatic N) is 3.